The number of imidazole rings is 1. The van der Waals surface area contributed by atoms with Crippen molar-refractivity contribution in [2.24, 2.45) is 0 Å². The molecule has 0 saturated heterocycles. The number of carbonyl (C=O) groups is 1. The molecule has 1 aromatic carbocycles. The first kappa shape index (κ1) is 13.7. The summed E-state index contributed by atoms with van der Waals surface area (Å²) >= 11 is 0. The highest BCUT2D eigenvalue weighted by Crippen LogP contribution is 2.21. The van der Waals surface area contributed by atoms with Gasteiger partial charge in [-0.2, -0.15) is 0 Å². The van der Waals surface area contributed by atoms with Crippen molar-refractivity contribution in [3.05, 3.63) is 58.5 Å². The van der Waals surface area contributed by atoms with Crippen molar-refractivity contribution >= 4 is 11.8 Å². The zero-order valence-electron chi connectivity index (χ0n) is 10.8. The maximum absolute atomic E-state index is 11.0. The van der Waals surface area contributed by atoms with Gasteiger partial charge in [-0.3, -0.25) is 9.36 Å². The standard InChI is InChI=1S/C13H13N3O4/c1-10(17)20-8-12(11-5-3-2-4-6-11)15-7-13(14-9-15)16(18)19/h2-7,9,12H,8H2,1H3. The SMILES string of the molecule is CC(=O)OCC(c1ccccc1)n1cnc([N+](=O)[O-])c1. The molecule has 0 fully saturated rings. The molecule has 2 rings (SSSR count). The van der Waals surface area contributed by atoms with Crippen LogP contribution >= 0.6 is 0 Å². The Hall–Kier alpha value is -2.70. The summed E-state index contributed by atoms with van der Waals surface area (Å²) in [4.78, 5) is 24.8. The summed E-state index contributed by atoms with van der Waals surface area (Å²) in [7, 11) is 0. The van der Waals surface area contributed by atoms with Crippen molar-refractivity contribution in [3.8, 4) is 0 Å². The van der Waals surface area contributed by atoms with Gasteiger partial charge in [0.05, 0.1) is 6.04 Å². The molecule has 1 heterocycles. The van der Waals surface area contributed by atoms with E-state index in [1.165, 1.54) is 19.4 Å². The first-order chi connectivity index (χ1) is 9.58. The van der Waals surface area contributed by atoms with Crippen LogP contribution < -0.4 is 0 Å². The van der Waals surface area contributed by atoms with Crippen LogP contribution in [0.15, 0.2) is 42.9 Å². The fourth-order valence-electron chi connectivity index (χ4n) is 1.82. The molecule has 0 aliphatic rings. The maximum Gasteiger partial charge on any atom is 0.381 e. The van der Waals surface area contributed by atoms with Crippen molar-refractivity contribution in [1.29, 1.82) is 0 Å². The molecule has 0 spiro atoms. The number of esters is 1. The Kier molecular flexibility index (Phi) is 4.09. The molecule has 0 aliphatic carbocycles. The van der Waals surface area contributed by atoms with E-state index in [-0.39, 0.29) is 18.5 Å². The number of carbonyl (C=O) groups excluding carboxylic acids is 1. The van der Waals surface area contributed by atoms with E-state index in [1.807, 2.05) is 30.3 Å². The molecule has 0 amide bonds. The fourth-order valence-corrected chi connectivity index (χ4v) is 1.82. The summed E-state index contributed by atoms with van der Waals surface area (Å²) in [5, 5.41) is 10.7. The third-order valence-electron chi connectivity index (χ3n) is 2.76. The van der Waals surface area contributed by atoms with Gasteiger partial charge in [-0.25, -0.2) is 0 Å². The van der Waals surface area contributed by atoms with E-state index >= 15 is 0 Å². The summed E-state index contributed by atoms with van der Waals surface area (Å²) in [6.07, 6.45) is 2.68. The molecular weight excluding hydrogens is 262 g/mol. The van der Waals surface area contributed by atoms with Gasteiger partial charge in [0.1, 0.15) is 12.8 Å². The molecule has 1 atom stereocenters. The minimum absolute atomic E-state index is 0.0901. The van der Waals surface area contributed by atoms with Crippen LogP contribution in [-0.4, -0.2) is 27.1 Å². The fraction of sp³-hybridized carbons (Fsp3) is 0.231. The predicted molar refractivity (Wildman–Crippen MR) is 70.1 cm³/mol. The van der Waals surface area contributed by atoms with Crippen LogP contribution in [0.2, 0.25) is 0 Å². The largest absolute Gasteiger partial charge is 0.463 e. The molecule has 0 N–H and O–H groups in total. The van der Waals surface area contributed by atoms with Gasteiger partial charge in [-0.15, -0.1) is 0 Å². The molecule has 1 unspecified atom stereocenters. The van der Waals surface area contributed by atoms with Gasteiger partial charge in [0, 0.05) is 6.92 Å². The summed E-state index contributed by atoms with van der Waals surface area (Å²) in [6, 6.07) is 8.94. The second kappa shape index (κ2) is 5.96. The molecule has 2 aromatic rings. The van der Waals surface area contributed by atoms with Crippen LogP contribution in [0.4, 0.5) is 5.82 Å². The van der Waals surface area contributed by atoms with Crippen LogP contribution in [0, 0.1) is 10.1 Å². The van der Waals surface area contributed by atoms with Gasteiger partial charge in [0.2, 0.25) is 6.33 Å². The Bertz CT molecular complexity index is 609. The van der Waals surface area contributed by atoms with E-state index in [4.69, 9.17) is 4.74 Å². The highest BCUT2D eigenvalue weighted by atomic mass is 16.6. The molecule has 20 heavy (non-hydrogen) atoms. The van der Waals surface area contributed by atoms with E-state index in [2.05, 4.69) is 4.98 Å². The van der Waals surface area contributed by atoms with Crippen molar-refractivity contribution in [2.45, 2.75) is 13.0 Å². The van der Waals surface area contributed by atoms with Crippen molar-refractivity contribution in [1.82, 2.24) is 9.55 Å². The topological polar surface area (TPSA) is 87.3 Å². The lowest BCUT2D eigenvalue weighted by Crippen LogP contribution is -2.17. The number of hydrogen-bond acceptors (Lipinski definition) is 5. The molecule has 0 saturated carbocycles. The smallest absolute Gasteiger partial charge is 0.381 e. The molecule has 0 radical (unpaired) electrons. The Morgan fingerprint density at radius 2 is 2.15 bits per heavy atom. The van der Waals surface area contributed by atoms with Gasteiger partial charge in [-0.1, -0.05) is 30.3 Å². The highest BCUT2D eigenvalue weighted by Gasteiger charge is 2.19. The van der Waals surface area contributed by atoms with Gasteiger partial charge in [0.15, 0.2) is 0 Å². The number of hydrogen-bond donors (Lipinski definition) is 0. The van der Waals surface area contributed by atoms with E-state index in [0.29, 0.717) is 0 Å². The zero-order chi connectivity index (χ0) is 14.5. The molecule has 0 bridgehead atoms. The second-order valence-corrected chi connectivity index (χ2v) is 4.17. The van der Waals surface area contributed by atoms with Gasteiger partial charge < -0.3 is 14.9 Å². The third-order valence-corrected chi connectivity index (χ3v) is 2.76. The lowest BCUT2D eigenvalue weighted by Gasteiger charge is -2.17. The average molecular weight is 275 g/mol. The Morgan fingerprint density at radius 1 is 1.45 bits per heavy atom. The second-order valence-electron chi connectivity index (χ2n) is 4.17. The Morgan fingerprint density at radius 3 is 2.70 bits per heavy atom. The number of rotatable bonds is 5. The number of ether oxygens (including phenoxy) is 1. The number of nitrogens with zero attached hydrogens (tertiary/aromatic N) is 3. The summed E-state index contributed by atoms with van der Waals surface area (Å²) in [6.45, 7) is 1.41. The predicted octanol–water partition coefficient (Wildman–Crippen LogP) is 1.94. The van der Waals surface area contributed by atoms with E-state index in [9.17, 15) is 14.9 Å². The molecular formula is C13H13N3O4. The lowest BCUT2D eigenvalue weighted by molar-refractivity contribution is -0.389. The molecule has 7 nitrogen and oxygen atoms in total. The van der Waals surface area contributed by atoms with E-state index in [1.54, 1.807) is 4.57 Å². The van der Waals surface area contributed by atoms with Crippen LogP contribution in [0.25, 0.3) is 0 Å². The number of nitro groups is 1. The Balaban J connectivity index is 2.30. The zero-order valence-corrected chi connectivity index (χ0v) is 10.8. The van der Waals surface area contributed by atoms with Gasteiger partial charge >= 0.3 is 11.8 Å². The quantitative estimate of drug-likeness (QED) is 0.472. The third kappa shape index (κ3) is 3.19. The number of aromatic nitrogens is 2. The van der Waals surface area contributed by atoms with E-state index in [0.717, 1.165) is 5.56 Å². The molecule has 1 aromatic heterocycles. The summed E-state index contributed by atoms with van der Waals surface area (Å²) in [5.74, 6) is -0.644. The highest BCUT2D eigenvalue weighted by molar-refractivity contribution is 5.65. The van der Waals surface area contributed by atoms with Gasteiger partial charge in [0.25, 0.3) is 0 Å². The molecule has 7 heteroatoms. The maximum atomic E-state index is 11.0. The lowest BCUT2D eigenvalue weighted by atomic mass is 10.1. The first-order valence-electron chi connectivity index (χ1n) is 5.94. The minimum Gasteiger partial charge on any atom is -0.463 e. The van der Waals surface area contributed by atoms with Gasteiger partial charge in [-0.05, 0) is 15.5 Å². The van der Waals surface area contributed by atoms with Crippen molar-refractivity contribution < 1.29 is 14.5 Å². The normalized spacial score (nSPS) is 11.8. The summed E-state index contributed by atoms with van der Waals surface area (Å²) in [5.41, 5.74) is 0.876. The molecule has 0 aliphatic heterocycles. The average Bonchev–Trinajstić information content (AvgIpc) is 2.90. The van der Waals surface area contributed by atoms with Crippen LogP contribution in [0.5, 0.6) is 0 Å². The minimum atomic E-state index is -0.565. The van der Waals surface area contributed by atoms with Crippen LogP contribution in [0.1, 0.15) is 18.5 Å². The monoisotopic (exact) mass is 275 g/mol. The molecule has 104 valence electrons. The summed E-state index contributed by atoms with van der Waals surface area (Å²) < 4.78 is 6.59. The Labute approximate surface area is 115 Å². The van der Waals surface area contributed by atoms with Crippen LogP contribution in [0.3, 0.4) is 0 Å². The first-order valence-corrected chi connectivity index (χ1v) is 5.94. The van der Waals surface area contributed by atoms with Crippen molar-refractivity contribution in [2.75, 3.05) is 6.61 Å². The van der Waals surface area contributed by atoms with Crippen LogP contribution in [-0.2, 0) is 9.53 Å². The van der Waals surface area contributed by atoms with E-state index < -0.39 is 10.9 Å². The van der Waals surface area contributed by atoms with Crippen molar-refractivity contribution in [3.63, 3.8) is 0 Å². The number of benzene rings is 1.